The molecule has 24 heavy (non-hydrogen) atoms. The van der Waals surface area contributed by atoms with Crippen molar-refractivity contribution in [3.8, 4) is 11.8 Å². The molecule has 0 heterocycles. The number of unbranched alkanes of at least 4 members (excludes halogenated alkanes) is 10. The van der Waals surface area contributed by atoms with Gasteiger partial charge >= 0.3 is 0 Å². The molecule has 0 amide bonds. The SMILES string of the molecule is CCCCCC(CCC)CCCCCCCCCCC#CCSO. The second kappa shape index (κ2) is 20.9. The van der Waals surface area contributed by atoms with E-state index in [2.05, 4.69) is 25.7 Å². The van der Waals surface area contributed by atoms with E-state index in [0.717, 1.165) is 24.4 Å². The first-order valence-corrected chi connectivity index (χ1v) is 11.5. The normalized spacial score (nSPS) is 12.0. The zero-order chi connectivity index (χ0) is 17.7. The molecule has 1 unspecified atom stereocenters. The van der Waals surface area contributed by atoms with Crippen molar-refractivity contribution in [1.82, 2.24) is 0 Å². The van der Waals surface area contributed by atoms with Crippen LogP contribution >= 0.6 is 12.0 Å². The van der Waals surface area contributed by atoms with E-state index in [1.54, 1.807) is 0 Å². The molecule has 1 nitrogen and oxygen atoms in total. The Bertz CT molecular complexity index is 292. The van der Waals surface area contributed by atoms with Gasteiger partial charge in [0.25, 0.3) is 0 Å². The highest BCUT2D eigenvalue weighted by Crippen LogP contribution is 2.22. The summed E-state index contributed by atoms with van der Waals surface area (Å²) in [7, 11) is 0. The van der Waals surface area contributed by atoms with E-state index in [9.17, 15) is 0 Å². The van der Waals surface area contributed by atoms with Crippen molar-refractivity contribution in [1.29, 1.82) is 0 Å². The number of hydrogen-bond donors (Lipinski definition) is 1. The monoisotopic (exact) mass is 354 g/mol. The number of rotatable bonds is 17. The summed E-state index contributed by atoms with van der Waals surface area (Å²) in [5, 5.41) is 0. The summed E-state index contributed by atoms with van der Waals surface area (Å²) >= 11 is 0.818. The summed E-state index contributed by atoms with van der Waals surface area (Å²) in [5.41, 5.74) is 0. The molecule has 0 aliphatic carbocycles. The second-order valence-corrected chi connectivity index (χ2v) is 7.69. The van der Waals surface area contributed by atoms with Crippen LogP contribution < -0.4 is 0 Å². The first-order chi connectivity index (χ1) is 11.8. The Labute approximate surface area is 157 Å². The Hall–Kier alpha value is -0.130. The van der Waals surface area contributed by atoms with E-state index in [0.29, 0.717) is 5.75 Å². The Morgan fingerprint density at radius 2 is 1.25 bits per heavy atom. The summed E-state index contributed by atoms with van der Waals surface area (Å²) in [6.45, 7) is 4.64. The molecule has 0 rings (SSSR count). The summed E-state index contributed by atoms with van der Waals surface area (Å²) < 4.78 is 8.55. The molecular formula is C22H42OS. The molecular weight excluding hydrogens is 312 g/mol. The summed E-state index contributed by atoms with van der Waals surface area (Å²) in [6, 6.07) is 0. The molecule has 0 aromatic carbocycles. The highest BCUT2D eigenvalue weighted by Gasteiger charge is 2.07. The summed E-state index contributed by atoms with van der Waals surface area (Å²) in [5.74, 6) is 7.63. The number of hydrogen-bond acceptors (Lipinski definition) is 2. The van der Waals surface area contributed by atoms with Gasteiger partial charge in [0, 0.05) is 18.5 Å². The molecule has 0 saturated heterocycles. The molecule has 0 aromatic rings. The third-order valence-electron chi connectivity index (χ3n) is 4.84. The molecule has 0 aliphatic rings. The van der Waals surface area contributed by atoms with Crippen molar-refractivity contribution in [3.63, 3.8) is 0 Å². The Morgan fingerprint density at radius 1 is 0.667 bits per heavy atom. The van der Waals surface area contributed by atoms with Crippen LogP contribution in [0.4, 0.5) is 0 Å². The molecule has 142 valence electrons. The lowest BCUT2D eigenvalue weighted by molar-refractivity contribution is 0.380. The smallest absolute Gasteiger partial charge is 0.0808 e. The van der Waals surface area contributed by atoms with E-state index in [1.165, 1.54) is 96.3 Å². The molecule has 0 aliphatic heterocycles. The van der Waals surface area contributed by atoms with Crippen molar-refractivity contribution in [2.24, 2.45) is 5.92 Å². The lowest BCUT2D eigenvalue weighted by Gasteiger charge is -2.15. The fourth-order valence-corrected chi connectivity index (χ4v) is 3.57. The standard InChI is InChI=1S/C22H42OS/c1-3-5-15-19-22(18-4-2)20-16-13-11-9-7-6-8-10-12-14-17-21-24-23/h22-23H,3-13,15-16,18-21H2,1-2H3. The van der Waals surface area contributed by atoms with Crippen LogP contribution in [0.15, 0.2) is 0 Å². The van der Waals surface area contributed by atoms with Crippen LogP contribution in [-0.4, -0.2) is 10.3 Å². The van der Waals surface area contributed by atoms with Crippen molar-refractivity contribution in [2.45, 2.75) is 117 Å². The molecule has 0 spiro atoms. The van der Waals surface area contributed by atoms with Crippen molar-refractivity contribution in [2.75, 3.05) is 5.75 Å². The molecule has 1 N–H and O–H groups in total. The van der Waals surface area contributed by atoms with Gasteiger partial charge in [-0.3, -0.25) is 0 Å². The van der Waals surface area contributed by atoms with Gasteiger partial charge in [-0.2, -0.15) is 0 Å². The first-order valence-electron chi connectivity index (χ1n) is 10.6. The quantitative estimate of drug-likeness (QED) is 0.162. The van der Waals surface area contributed by atoms with Crippen LogP contribution in [0.1, 0.15) is 117 Å². The van der Waals surface area contributed by atoms with E-state index in [1.807, 2.05) is 0 Å². The van der Waals surface area contributed by atoms with Crippen LogP contribution in [0.2, 0.25) is 0 Å². The van der Waals surface area contributed by atoms with Crippen LogP contribution in [-0.2, 0) is 0 Å². The van der Waals surface area contributed by atoms with Crippen LogP contribution in [0.25, 0.3) is 0 Å². The lowest BCUT2D eigenvalue weighted by Crippen LogP contribution is -2.00. The third kappa shape index (κ3) is 18.2. The molecule has 0 saturated carbocycles. The largest absolute Gasteiger partial charge is 0.329 e. The average molecular weight is 355 g/mol. The predicted molar refractivity (Wildman–Crippen MR) is 112 cm³/mol. The molecule has 1 atom stereocenters. The van der Waals surface area contributed by atoms with Crippen LogP contribution in [0, 0.1) is 17.8 Å². The fourth-order valence-electron chi connectivity index (χ4n) is 3.40. The second-order valence-electron chi connectivity index (χ2n) is 7.14. The van der Waals surface area contributed by atoms with E-state index < -0.39 is 0 Å². The molecule has 0 fully saturated rings. The minimum atomic E-state index is 0.553. The maximum atomic E-state index is 8.55. The Kier molecular flexibility index (Phi) is 20.8. The van der Waals surface area contributed by atoms with Crippen LogP contribution in [0.5, 0.6) is 0 Å². The maximum absolute atomic E-state index is 8.55. The van der Waals surface area contributed by atoms with Gasteiger partial charge in [0.15, 0.2) is 0 Å². The fraction of sp³-hybridized carbons (Fsp3) is 0.909. The zero-order valence-electron chi connectivity index (χ0n) is 16.5. The maximum Gasteiger partial charge on any atom is 0.0808 e. The first kappa shape index (κ1) is 23.9. The highest BCUT2D eigenvalue weighted by molar-refractivity contribution is 7.93. The highest BCUT2D eigenvalue weighted by atomic mass is 32.2. The molecule has 2 heteroatoms. The average Bonchev–Trinajstić information content (AvgIpc) is 2.59. The van der Waals surface area contributed by atoms with Gasteiger partial charge in [0.2, 0.25) is 0 Å². The van der Waals surface area contributed by atoms with E-state index in [-0.39, 0.29) is 0 Å². The lowest BCUT2D eigenvalue weighted by atomic mass is 9.91. The molecule has 0 radical (unpaired) electrons. The van der Waals surface area contributed by atoms with Crippen LogP contribution in [0.3, 0.4) is 0 Å². The molecule has 0 bridgehead atoms. The predicted octanol–water partition coefficient (Wildman–Crippen LogP) is 8.09. The van der Waals surface area contributed by atoms with Gasteiger partial charge in [-0.25, -0.2) is 0 Å². The zero-order valence-corrected chi connectivity index (χ0v) is 17.3. The summed E-state index contributed by atoms with van der Waals surface area (Å²) in [4.78, 5) is 0. The van der Waals surface area contributed by atoms with Crippen molar-refractivity contribution >= 4 is 12.0 Å². The Balaban J connectivity index is 3.34. The van der Waals surface area contributed by atoms with Gasteiger partial charge in [0.1, 0.15) is 0 Å². The topological polar surface area (TPSA) is 20.2 Å². The van der Waals surface area contributed by atoms with Gasteiger partial charge in [-0.1, -0.05) is 110 Å². The Morgan fingerprint density at radius 3 is 1.83 bits per heavy atom. The minimum absolute atomic E-state index is 0.553. The van der Waals surface area contributed by atoms with Gasteiger partial charge in [-0.15, -0.1) is 5.92 Å². The third-order valence-corrected chi connectivity index (χ3v) is 5.11. The van der Waals surface area contributed by atoms with Gasteiger partial charge < -0.3 is 4.55 Å². The van der Waals surface area contributed by atoms with Crippen molar-refractivity contribution in [3.05, 3.63) is 0 Å². The molecule has 0 aromatic heterocycles. The van der Waals surface area contributed by atoms with E-state index >= 15 is 0 Å². The van der Waals surface area contributed by atoms with Gasteiger partial charge in [-0.05, 0) is 12.3 Å². The summed E-state index contributed by atoms with van der Waals surface area (Å²) in [6.07, 6.45) is 22.0. The van der Waals surface area contributed by atoms with Gasteiger partial charge in [0.05, 0.1) is 5.75 Å². The van der Waals surface area contributed by atoms with E-state index in [4.69, 9.17) is 4.55 Å². The van der Waals surface area contributed by atoms with Crippen molar-refractivity contribution < 1.29 is 4.55 Å². The minimum Gasteiger partial charge on any atom is -0.329 e.